The highest BCUT2D eigenvalue weighted by Crippen LogP contribution is 2.39. The van der Waals surface area contributed by atoms with Gasteiger partial charge in [-0.05, 0) is 29.8 Å². The molecule has 0 amide bonds. The maximum Gasteiger partial charge on any atom is 0.409 e. The second kappa shape index (κ2) is 6.42. The van der Waals surface area contributed by atoms with E-state index in [-0.39, 0.29) is 14.9 Å². The van der Waals surface area contributed by atoms with E-state index in [1.165, 1.54) is 24.4 Å². The number of alkyl halides is 3. The number of nitrogens with zero attached hydrogens (tertiary/aromatic N) is 3. The minimum absolute atomic E-state index is 0.222. The Morgan fingerprint density at radius 3 is 2.26 bits per heavy atom. The molecule has 0 fully saturated rings. The minimum Gasteiger partial charge on any atom is -0.205 e. The summed E-state index contributed by atoms with van der Waals surface area (Å²) in [5.41, 5.74) is -0.253. The Morgan fingerprint density at radius 2 is 1.78 bits per heavy atom. The topological polar surface area (TPSA) is 63.2 Å². The molecule has 1 aromatic carbocycles. The summed E-state index contributed by atoms with van der Waals surface area (Å²) >= 11 is 5.66. The van der Waals surface area contributed by atoms with Crippen LogP contribution >= 0.6 is 11.6 Å². The molecule has 0 spiro atoms. The number of benzene rings is 1. The van der Waals surface area contributed by atoms with Gasteiger partial charge in [0.15, 0.2) is 5.03 Å². The van der Waals surface area contributed by atoms with Gasteiger partial charge in [0.25, 0.3) is 10.0 Å². The molecule has 1 atom stereocenters. The number of hydrogen-bond donors (Lipinski definition) is 0. The Morgan fingerprint density at radius 1 is 1.17 bits per heavy atom. The summed E-state index contributed by atoms with van der Waals surface area (Å²) in [6.45, 7) is 0. The van der Waals surface area contributed by atoms with E-state index in [1.807, 2.05) is 0 Å². The van der Waals surface area contributed by atoms with Crippen molar-refractivity contribution in [2.75, 3.05) is 7.05 Å². The predicted octanol–water partition coefficient (Wildman–Crippen LogP) is 3.05. The largest absolute Gasteiger partial charge is 0.409 e. The van der Waals surface area contributed by atoms with Crippen molar-refractivity contribution >= 4 is 21.6 Å². The number of halogens is 4. The summed E-state index contributed by atoms with van der Waals surface area (Å²) in [7, 11) is -3.63. The highest BCUT2D eigenvalue weighted by Gasteiger charge is 2.48. The molecule has 0 saturated carbocycles. The zero-order valence-electron chi connectivity index (χ0n) is 11.7. The molecule has 5 nitrogen and oxygen atoms in total. The van der Waals surface area contributed by atoms with Crippen molar-refractivity contribution in [1.82, 2.24) is 14.5 Å². The van der Waals surface area contributed by atoms with E-state index in [0.717, 1.165) is 25.2 Å². The fourth-order valence-electron chi connectivity index (χ4n) is 1.96. The Bertz CT molecular complexity index is 767. The van der Waals surface area contributed by atoms with Crippen LogP contribution in [0.5, 0.6) is 0 Å². The van der Waals surface area contributed by atoms with Gasteiger partial charge in [-0.15, -0.1) is 5.10 Å². The number of rotatable bonds is 4. The molecule has 0 radical (unpaired) electrons. The first kappa shape index (κ1) is 17.6. The lowest BCUT2D eigenvalue weighted by molar-refractivity contribution is -0.171. The van der Waals surface area contributed by atoms with Crippen molar-refractivity contribution in [1.29, 1.82) is 0 Å². The average molecular weight is 366 g/mol. The monoisotopic (exact) mass is 365 g/mol. The summed E-state index contributed by atoms with van der Waals surface area (Å²) < 4.78 is 65.2. The van der Waals surface area contributed by atoms with Crippen LogP contribution in [0.4, 0.5) is 13.2 Å². The van der Waals surface area contributed by atoms with Crippen LogP contribution in [0, 0.1) is 0 Å². The summed E-state index contributed by atoms with van der Waals surface area (Å²) in [6, 6.07) is 4.77. The van der Waals surface area contributed by atoms with E-state index < -0.39 is 27.3 Å². The SMILES string of the molecule is CN(C(c1ccc(Cl)cc1)C(F)(F)F)S(=O)(=O)c1cccnn1. The van der Waals surface area contributed by atoms with Crippen LogP contribution < -0.4 is 0 Å². The first-order chi connectivity index (χ1) is 10.6. The van der Waals surface area contributed by atoms with E-state index in [1.54, 1.807) is 0 Å². The highest BCUT2D eigenvalue weighted by molar-refractivity contribution is 7.89. The highest BCUT2D eigenvalue weighted by atomic mass is 35.5. The normalized spacial score (nSPS) is 14.0. The van der Waals surface area contributed by atoms with Gasteiger partial charge in [-0.2, -0.15) is 22.6 Å². The summed E-state index contributed by atoms with van der Waals surface area (Å²) in [6.07, 6.45) is -3.60. The Labute approximate surface area is 135 Å². The standard InChI is InChI=1S/C13H11ClF3N3O2S/c1-20(23(21,22)11-3-2-8-18-19-11)12(13(15,16)17)9-4-6-10(14)7-5-9/h2-8,12H,1H3. The lowest BCUT2D eigenvalue weighted by Crippen LogP contribution is -2.40. The maximum absolute atomic E-state index is 13.4. The molecule has 0 bridgehead atoms. The summed E-state index contributed by atoms with van der Waals surface area (Å²) in [5, 5.41) is 6.44. The summed E-state index contributed by atoms with van der Waals surface area (Å²) in [5.74, 6) is 0. The summed E-state index contributed by atoms with van der Waals surface area (Å²) in [4.78, 5) is 0. The fraction of sp³-hybridized carbons (Fsp3) is 0.231. The molecule has 0 N–H and O–H groups in total. The van der Waals surface area contributed by atoms with Crippen LogP contribution in [0.2, 0.25) is 5.02 Å². The molecule has 0 aliphatic heterocycles. The molecular formula is C13H11ClF3N3O2S. The Balaban J connectivity index is 2.50. The Kier molecular flexibility index (Phi) is 4.92. The zero-order valence-corrected chi connectivity index (χ0v) is 13.3. The maximum atomic E-state index is 13.4. The van der Waals surface area contributed by atoms with E-state index in [9.17, 15) is 21.6 Å². The fourth-order valence-corrected chi connectivity index (χ4v) is 3.30. The van der Waals surface area contributed by atoms with Crippen LogP contribution in [0.15, 0.2) is 47.6 Å². The Hall–Kier alpha value is -1.71. The molecule has 1 aromatic heterocycles. The molecule has 2 aromatic rings. The first-order valence-electron chi connectivity index (χ1n) is 6.22. The molecule has 0 saturated heterocycles. The first-order valence-corrected chi connectivity index (χ1v) is 8.04. The molecule has 23 heavy (non-hydrogen) atoms. The van der Waals surface area contributed by atoms with Gasteiger partial charge >= 0.3 is 6.18 Å². The van der Waals surface area contributed by atoms with Crippen LogP contribution in [-0.4, -0.2) is 36.1 Å². The third-order valence-electron chi connectivity index (χ3n) is 3.05. The van der Waals surface area contributed by atoms with Crippen molar-refractivity contribution < 1.29 is 21.6 Å². The van der Waals surface area contributed by atoms with Gasteiger partial charge in [-0.1, -0.05) is 23.7 Å². The van der Waals surface area contributed by atoms with Crippen molar-refractivity contribution in [3.8, 4) is 0 Å². The van der Waals surface area contributed by atoms with E-state index in [4.69, 9.17) is 11.6 Å². The van der Waals surface area contributed by atoms with Crippen molar-refractivity contribution in [2.45, 2.75) is 17.2 Å². The average Bonchev–Trinajstić information content (AvgIpc) is 2.49. The second-order valence-corrected chi connectivity index (χ2v) is 6.96. The van der Waals surface area contributed by atoms with Crippen LogP contribution in [0.3, 0.4) is 0 Å². The number of hydrogen-bond acceptors (Lipinski definition) is 4. The van der Waals surface area contributed by atoms with Crippen LogP contribution in [0.25, 0.3) is 0 Å². The minimum atomic E-state index is -4.82. The molecule has 1 unspecified atom stereocenters. The van der Waals surface area contributed by atoms with E-state index in [0.29, 0.717) is 0 Å². The lowest BCUT2D eigenvalue weighted by Gasteiger charge is -2.29. The van der Waals surface area contributed by atoms with Crippen molar-refractivity contribution in [2.24, 2.45) is 0 Å². The van der Waals surface area contributed by atoms with Gasteiger partial charge in [0.2, 0.25) is 0 Å². The molecule has 0 aliphatic rings. The molecule has 10 heteroatoms. The third kappa shape index (κ3) is 3.80. The lowest BCUT2D eigenvalue weighted by atomic mass is 10.1. The van der Waals surface area contributed by atoms with Crippen LogP contribution in [-0.2, 0) is 10.0 Å². The van der Waals surface area contributed by atoms with Crippen molar-refractivity contribution in [3.05, 3.63) is 53.2 Å². The van der Waals surface area contributed by atoms with Gasteiger partial charge in [0, 0.05) is 18.3 Å². The van der Waals surface area contributed by atoms with Gasteiger partial charge in [0.1, 0.15) is 6.04 Å². The zero-order chi connectivity index (χ0) is 17.3. The molecule has 0 aliphatic carbocycles. The number of sulfonamides is 1. The second-order valence-electron chi connectivity index (χ2n) is 4.58. The molecule has 1 heterocycles. The van der Waals surface area contributed by atoms with Crippen LogP contribution in [0.1, 0.15) is 11.6 Å². The molecule has 124 valence electrons. The van der Waals surface area contributed by atoms with Gasteiger partial charge < -0.3 is 0 Å². The van der Waals surface area contributed by atoms with E-state index in [2.05, 4.69) is 10.2 Å². The van der Waals surface area contributed by atoms with Crippen molar-refractivity contribution in [3.63, 3.8) is 0 Å². The van der Waals surface area contributed by atoms with Gasteiger partial charge in [-0.3, -0.25) is 0 Å². The van der Waals surface area contributed by atoms with Gasteiger partial charge in [-0.25, -0.2) is 8.42 Å². The predicted molar refractivity (Wildman–Crippen MR) is 77.2 cm³/mol. The molecular weight excluding hydrogens is 355 g/mol. The number of aromatic nitrogens is 2. The third-order valence-corrected chi connectivity index (χ3v) is 5.02. The molecule has 2 rings (SSSR count). The quantitative estimate of drug-likeness (QED) is 0.835. The smallest absolute Gasteiger partial charge is 0.205 e. The van der Waals surface area contributed by atoms with E-state index >= 15 is 0 Å². The van der Waals surface area contributed by atoms with Gasteiger partial charge in [0.05, 0.1) is 0 Å².